The SMILES string of the molecule is CC(=O)c1cn(Cc2ccccc2)c2c(OCc3ccccc3)c(C(C)C)ccc12. The van der Waals surface area contributed by atoms with Crippen LogP contribution in [-0.4, -0.2) is 10.4 Å². The van der Waals surface area contributed by atoms with Gasteiger partial charge in [-0.1, -0.05) is 86.6 Å². The van der Waals surface area contributed by atoms with Gasteiger partial charge in [-0.3, -0.25) is 4.79 Å². The second kappa shape index (κ2) is 8.58. The Hall–Kier alpha value is -3.33. The lowest BCUT2D eigenvalue weighted by Gasteiger charge is -2.18. The van der Waals surface area contributed by atoms with Gasteiger partial charge in [-0.25, -0.2) is 0 Å². The Morgan fingerprint density at radius 2 is 1.53 bits per heavy atom. The molecule has 1 aromatic heterocycles. The van der Waals surface area contributed by atoms with E-state index >= 15 is 0 Å². The van der Waals surface area contributed by atoms with Gasteiger partial charge >= 0.3 is 0 Å². The van der Waals surface area contributed by atoms with Crippen LogP contribution in [0, 0.1) is 0 Å². The smallest absolute Gasteiger partial charge is 0.161 e. The van der Waals surface area contributed by atoms with Crippen molar-refractivity contribution >= 4 is 16.7 Å². The summed E-state index contributed by atoms with van der Waals surface area (Å²) in [4.78, 5) is 12.4. The Bertz CT molecular complexity index is 1160. The van der Waals surface area contributed by atoms with E-state index in [0.29, 0.717) is 19.1 Å². The van der Waals surface area contributed by atoms with E-state index in [1.807, 2.05) is 42.6 Å². The van der Waals surface area contributed by atoms with Gasteiger partial charge in [-0.2, -0.15) is 0 Å². The predicted octanol–water partition coefficient (Wildman–Crippen LogP) is 6.59. The van der Waals surface area contributed by atoms with Crippen LogP contribution in [0.3, 0.4) is 0 Å². The third-order valence-electron chi connectivity index (χ3n) is 5.45. The van der Waals surface area contributed by atoms with Gasteiger partial charge in [0.2, 0.25) is 0 Å². The molecule has 0 aliphatic heterocycles. The summed E-state index contributed by atoms with van der Waals surface area (Å²) in [5, 5.41) is 0.950. The molecule has 3 aromatic carbocycles. The molecule has 0 N–H and O–H groups in total. The molecule has 0 unspecified atom stereocenters. The molecule has 4 rings (SSSR count). The molecule has 0 spiro atoms. The van der Waals surface area contributed by atoms with Crippen molar-refractivity contribution in [2.24, 2.45) is 0 Å². The minimum Gasteiger partial charge on any atom is -0.486 e. The molecule has 0 atom stereocenters. The van der Waals surface area contributed by atoms with Crippen LogP contribution in [0.4, 0.5) is 0 Å². The van der Waals surface area contributed by atoms with Crippen LogP contribution in [-0.2, 0) is 13.2 Å². The topological polar surface area (TPSA) is 31.2 Å². The average Bonchev–Trinajstić information content (AvgIpc) is 3.12. The highest BCUT2D eigenvalue weighted by molar-refractivity contribution is 6.08. The highest BCUT2D eigenvalue weighted by Gasteiger charge is 2.20. The molecule has 152 valence electrons. The molecule has 3 heteroatoms. The standard InChI is InChI=1S/C27H27NO2/c1-19(2)23-14-15-24-25(20(3)29)17-28(16-21-10-6-4-7-11-21)26(24)27(23)30-18-22-12-8-5-9-13-22/h4-15,17,19H,16,18H2,1-3H3. The van der Waals surface area contributed by atoms with Crippen molar-refractivity contribution in [1.82, 2.24) is 4.57 Å². The fourth-order valence-electron chi connectivity index (χ4n) is 3.90. The molecular weight excluding hydrogens is 370 g/mol. The quantitative estimate of drug-likeness (QED) is 0.329. The Kier molecular flexibility index (Phi) is 5.71. The summed E-state index contributed by atoms with van der Waals surface area (Å²) >= 11 is 0. The average molecular weight is 398 g/mol. The van der Waals surface area contributed by atoms with Crippen LogP contribution in [0.15, 0.2) is 79.0 Å². The van der Waals surface area contributed by atoms with E-state index < -0.39 is 0 Å². The van der Waals surface area contributed by atoms with Crippen molar-refractivity contribution in [2.45, 2.75) is 39.8 Å². The normalized spacial score (nSPS) is 11.2. The zero-order valence-corrected chi connectivity index (χ0v) is 17.8. The lowest BCUT2D eigenvalue weighted by molar-refractivity contribution is 0.101. The molecule has 0 radical (unpaired) electrons. The van der Waals surface area contributed by atoms with Gasteiger partial charge in [0.15, 0.2) is 5.78 Å². The zero-order valence-electron chi connectivity index (χ0n) is 17.8. The second-order valence-electron chi connectivity index (χ2n) is 8.02. The van der Waals surface area contributed by atoms with Gasteiger partial charge in [-0.05, 0) is 29.5 Å². The van der Waals surface area contributed by atoms with E-state index in [2.05, 4.69) is 54.8 Å². The fourth-order valence-corrected chi connectivity index (χ4v) is 3.90. The lowest BCUT2D eigenvalue weighted by Crippen LogP contribution is -2.04. The first-order chi connectivity index (χ1) is 14.5. The number of hydrogen-bond acceptors (Lipinski definition) is 2. The van der Waals surface area contributed by atoms with E-state index in [9.17, 15) is 4.79 Å². The number of fused-ring (bicyclic) bond motifs is 1. The van der Waals surface area contributed by atoms with Crippen molar-refractivity contribution < 1.29 is 9.53 Å². The maximum Gasteiger partial charge on any atom is 0.161 e. The van der Waals surface area contributed by atoms with E-state index in [1.165, 1.54) is 5.56 Å². The second-order valence-corrected chi connectivity index (χ2v) is 8.02. The van der Waals surface area contributed by atoms with E-state index in [1.54, 1.807) is 6.92 Å². The summed E-state index contributed by atoms with van der Waals surface area (Å²) in [6, 6.07) is 24.7. The molecule has 1 heterocycles. The highest BCUT2D eigenvalue weighted by atomic mass is 16.5. The van der Waals surface area contributed by atoms with Crippen molar-refractivity contribution in [3.63, 3.8) is 0 Å². The van der Waals surface area contributed by atoms with E-state index in [-0.39, 0.29) is 5.78 Å². The molecule has 0 saturated carbocycles. The number of nitrogens with zero attached hydrogens (tertiary/aromatic N) is 1. The fraction of sp³-hybridized carbons (Fsp3) is 0.222. The summed E-state index contributed by atoms with van der Waals surface area (Å²) in [5.41, 5.74) is 5.19. The van der Waals surface area contributed by atoms with E-state index in [0.717, 1.165) is 33.3 Å². The number of carbonyl (C=O) groups excluding carboxylic acids is 1. The lowest BCUT2D eigenvalue weighted by atomic mass is 9.99. The first-order valence-electron chi connectivity index (χ1n) is 10.4. The number of aromatic nitrogens is 1. The first-order valence-corrected chi connectivity index (χ1v) is 10.4. The maximum absolute atomic E-state index is 12.4. The van der Waals surface area contributed by atoms with Crippen LogP contribution in [0.1, 0.15) is 53.7 Å². The molecule has 0 aliphatic rings. The summed E-state index contributed by atoms with van der Waals surface area (Å²) in [7, 11) is 0. The highest BCUT2D eigenvalue weighted by Crippen LogP contribution is 2.38. The molecule has 0 aliphatic carbocycles. The summed E-state index contributed by atoms with van der Waals surface area (Å²) in [6.07, 6.45) is 1.97. The monoisotopic (exact) mass is 397 g/mol. The van der Waals surface area contributed by atoms with Gasteiger partial charge in [0, 0.05) is 23.7 Å². The van der Waals surface area contributed by atoms with Crippen molar-refractivity contribution in [2.75, 3.05) is 0 Å². The molecule has 0 bridgehead atoms. The summed E-state index contributed by atoms with van der Waals surface area (Å²) in [5.74, 6) is 1.24. The Balaban J connectivity index is 1.87. The molecular formula is C27H27NO2. The molecule has 0 fully saturated rings. The molecule has 4 aromatic rings. The van der Waals surface area contributed by atoms with Gasteiger partial charge < -0.3 is 9.30 Å². The number of ether oxygens (including phenoxy) is 1. The summed E-state index contributed by atoms with van der Waals surface area (Å²) in [6.45, 7) is 7.15. The van der Waals surface area contributed by atoms with Crippen LogP contribution in [0.2, 0.25) is 0 Å². The molecule has 30 heavy (non-hydrogen) atoms. The summed E-state index contributed by atoms with van der Waals surface area (Å²) < 4.78 is 8.60. The van der Waals surface area contributed by atoms with Gasteiger partial charge in [0.05, 0.1) is 5.52 Å². The Labute approximate surface area is 177 Å². The Morgan fingerprint density at radius 1 is 0.900 bits per heavy atom. The Morgan fingerprint density at radius 3 is 2.13 bits per heavy atom. The minimum absolute atomic E-state index is 0.0677. The number of carbonyl (C=O) groups is 1. The molecule has 3 nitrogen and oxygen atoms in total. The van der Waals surface area contributed by atoms with Crippen LogP contribution in [0.25, 0.3) is 10.9 Å². The zero-order chi connectivity index (χ0) is 21.1. The predicted molar refractivity (Wildman–Crippen MR) is 122 cm³/mol. The van der Waals surface area contributed by atoms with Gasteiger partial charge in [0.25, 0.3) is 0 Å². The van der Waals surface area contributed by atoms with E-state index in [4.69, 9.17) is 4.74 Å². The van der Waals surface area contributed by atoms with Gasteiger partial charge in [-0.15, -0.1) is 0 Å². The van der Waals surface area contributed by atoms with Crippen molar-refractivity contribution in [3.05, 3.63) is 101 Å². The number of rotatable bonds is 7. The van der Waals surface area contributed by atoms with Crippen molar-refractivity contribution in [3.8, 4) is 5.75 Å². The van der Waals surface area contributed by atoms with Gasteiger partial charge in [0.1, 0.15) is 12.4 Å². The molecule has 0 saturated heterocycles. The van der Waals surface area contributed by atoms with Crippen LogP contribution >= 0.6 is 0 Å². The van der Waals surface area contributed by atoms with Crippen LogP contribution in [0.5, 0.6) is 5.75 Å². The van der Waals surface area contributed by atoms with Crippen molar-refractivity contribution in [1.29, 1.82) is 0 Å². The minimum atomic E-state index is 0.0677. The third-order valence-corrected chi connectivity index (χ3v) is 5.45. The largest absolute Gasteiger partial charge is 0.486 e. The maximum atomic E-state index is 12.4. The number of benzene rings is 3. The number of hydrogen-bond donors (Lipinski definition) is 0. The number of Topliss-reactive ketones (excluding diaryl/α,β-unsaturated/α-hetero) is 1. The molecule has 0 amide bonds. The van der Waals surface area contributed by atoms with Crippen LogP contribution < -0.4 is 4.74 Å². The third kappa shape index (κ3) is 4.02. The first kappa shape index (κ1) is 20.0. The number of ketones is 1.